The van der Waals surface area contributed by atoms with Crippen LogP contribution in [0.15, 0.2) is 285 Å². The summed E-state index contributed by atoms with van der Waals surface area (Å²) in [6.45, 7) is 19.6. The molecule has 368 valence electrons. The van der Waals surface area contributed by atoms with Gasteiger partial charge in [0.05, 0.1) is 6.04 Å². The van der Waals surface area contributed by atoms with E-state index in [4.69, 9.17) is 4.99 Å². The van der Waals surface area contributed by atoms with E-state index in [1.807, 2.05) is 62.5 Å². The fourth-order valence-electron chi connectivity index (χ4n) is 8.68. The number of benzene rings is 6. The molecule has 1 aliphatic heterocycles. The van der Waals surface area contributed by atoms with Gasteiger partial charge in [-0.3, -0.25) is 15.0 Å². The normalized spacial score (nSPS) is 14.5. The topological polar surface area (TPSA) is 50.2 Å². The standard InChI is InChI=1S/C53H43N3.C8H12.C6H7N.C3H6/c1-3-17-39(4-2)53-55-51(40-20-9-6-10-21-40)37-52(56-53)47-26-16-25-43(34-47)41-23-15-24-42(33-41)44-29-30-46(32-38-18-7-5-8-19-38)50(36-44)49-28-12-11-22-45(49)35-48-27-13-14-31-54-48;1-7-3-5-8(2)6-4-7;1-6-4-2-3-5-7-6;1-3-2/h3-31,33-34,36-37,52H,1-2,32,35H2,(H,55,56);3-5,8H,6H2,1-2H3;2-5H,1H3;3H,1H2,2H3/b39-17+;;;. The van der Waals surface area contributed by atoms with Crippen LogP contribution in [0, 0.1) is 12.8 Å². The zero-order valence-corrected chi connectivity index (χ0v) is 43.4. The van der Waals surface area contributed by atoms with Crippen molar-refractivity contribution in [1.29, 1.82) is 0 Å². The molecule has 0 bridgehead atoms. The van der Waals surface area contributed by atoms with Crippen molar-refractivity contribution in [3.05, 3.63) is 319 Å². The number of allylic oxidation sites excluding steroid dienone is 7. The summed E-state index contributed by atoms with van der Waals surface area (Å²) in [5.74, 6) is 1.53. The smallest absolute Gasteiger partial charge is 0.133 e. The minimum absolute atomic E-state index is 0.191. The zero-order chi connectivity index (χ0) is 51.9. The quantitative estimate of drug-likeness (QED) is 0.0980. The van der Waals surface area contributed by atoms with Crippen LogP contribution < -0.4 is 5.32 Å². The van der Waals surface area contributed by atoms with Gasteiger partial charge in [-0.15, -0.1) is 6.58 Å². The predicted octanol–water partition coefficient (Wildman–Crippen LogP) is 17.8. The minimum Gasteiger partial charge on any atom is -0.340 e. The van der Waals surface area contributed by atoms with E-state index in [0.717, 1.165) is 69.5 Å². The molecule has 10 rings (SSSR count). The third-order valence-electron chi connectivity index (χ3n) is 12.5. The average Bonchev–Trinajstić information content (AvgIpc) is 3.45. The largest absolute Gasteiger partial charge is 0.340 e. The predicted molar refractivity (Wildman–Crippen MR) is 317 cm³/mol. The van der Waals surface area contributed by atoms with Crippen LogP contribution in [0.25, 0.3) is 39.1 Å². The molecule has 0 amide bonds. The van der Waals surface area contributed by atoms with Crippen molar-refractivity contribution in [2.24, 2.45) is 10.9 Å². The fraction of sp³-hybridized carbons (Fsp3) is 0.129. The van der Waals surface area contributed by atoms with E-state index in [1.165, 1.54) is 50.9 Å². The third-order valence-corrected chi connectivity index (χ3v) is 12.5. The molecule has 74 heavy (non-hydrogen) atoms. The SMILES string of the molecule is C=C/C=C(\C=C)C1=NC(c2cccc(-c3cccc(-c4ccc(Cc5ccccc5)c(-c5ccccc5Cc5ccccn5)c4)c3)c2)C=C(c2ccccc2)N1.C=CC.CC1=CCC(C)C=C1.Cc1ccccn1. The van der Waals surface area contributed by atoms with Gasteiger partial charge < -0.3 is 5.32 Å². The minimum atomic E-state index is -0.191. The number of hydrogen-bond acceptors (Lipinski definition) is 4. The molecule has 4 nitrogen and oxygen atoms in total. The second kappa shape index (κ2) is 27.8. The summed E-state index contributed by atoms with van der Waals surface area (Å²) in [7, 11) is 0. The van der Waals surface area contributed by atoms with Gasteiger partial charge in [-0.05, 0) is 149 Å². The molecule has 2 aromatic heterocycles. The highest BCUT2D eigenvalue weighted by Crippen LogP contribution is 2.36. The fourth-order valence-corrected chi connectivity index (χ4v) is 8.68. The van der Waals surface area contributed by atoms with Crippen LogP contribution in [-0.4, -0.2) is 15.8 Å². The number of nitrogens with zero attached hydrogens (tertiary/aromatic N) is 3. The number of nitrogens with one attached hydrogen (secondary N) is 1. The van der Waals surface area contributed by atoms with Crippen molar-refractivity contribution in [1.82, 2.24) is 15.3 Å². The molecular formula is C70H68N4. The second-order valence-corrected chi connectivity index (χ2v) is 18.4. The molecule has 2 unspecified atom stereocenters. The highest BCUT2D eigenvalue weighted by molar-refractivity contribution is 6.06. The van der Waals surface area contributed by atoms with Crippen LogP contribution in [0.5, 0.6) is 0 Å². The molecule has 0 saturated carbocycles. The van der Waals surface area contributed by atoms with Crippen LogP contribution in [0.1, 0.15) is 72.4 Å². The summed E-state index contributed by atoms with van der Waals surface area (Å²) >= 11 is 0. The van der Waals surface area contributed by atoms with E-state index >= 15 is 0 Å². The average molecular weight is 965 g/mol. The molecular weight excluding hydrogens is 897 g/mol. The molecule has 2 atom stereocenters. The Morgan fingerprint density at radius 1 is 0.608 bits per heavy atom. The molecule has 4 heteroatoms. The van der Waals surface area contributed by atoms with Crippen LogP contribution in [0.2, 0.25) is 0 Å². The highest BCUT2D eigenvalue weighted by atomic mass is 15.0. The Bertz CT molecular complexity index is 3250. The van der Waals surface area contributed by atoms with Crippen molar-refractivity contribution in [2.75, 3.05) is 0 Å². The summed E-state index contributed by atoms with van der Waals surface area (Å²) < 4.78 is 0. The third kappa shape index (κ3) is 15.4. The Hall–Kier alpha value is -8.73. The molecule has 8 aromatic rings. The van der Waals surface area contributed by atoms with E-state index in [1.54, 1.807) is 18.3 Å². The van der Waals surface area contributed by atoms with E-state index in [2.05, 4.69) is 231 Å². The van der Waals surface area contributed by atoms with Gasteiger partial charge in [0.15, 0.2) is 0 Å². The van der Waals surface area contributed by atoms with Crippen molar-refractivity contribution >= 4 is 11.5 Å². The zero-order valence-electron chi connectivity index (χ0n) is 43.4. The Labute approximate surface area is 441 Å². The van der Waals surface area contributed by atoms with E-state index in [-0.39, 0.29) is 6.04 Å². The van der Waals surface area contributed by atoms with E-state index < -0.39 is 0 Å². The first-order valence-corrected chi connectivity index (χ1v) is 25.5. The number of rotatable bonds is 12. The number of aryl methyl sites for hydroxylation is 1. The van der Waals surface area contributed by atoms with Crippen molar-refractivity contribution in [3.8, 4) is 33.4 Å². The molecule has 0 saturated heterocycles. The van der Waals surface area contributed by atoms with Gasteiger partial charge in [0.25, 0.3) is 0 Å². The Morgan fingerprint density at radius 2 is 1.23 bits per heavy atom. The van der Waals surface area contributed by atoms with Gasteiger partial charge in [-0.25, -0.2) is 0 Å². The summed E-state index contributed by atoms with van der Waals surface area (Å²) in [5, 5.41) is 3.55. The van der Waals surface area contributed by atoms with Crippen LogP contribution >= 0.6 is 0 Å². The summed E-state index contributed by atoms with van der Waals surface area (Å²) in [4.78, 5) is 13.8. The maximum atomic E-state index is 5.17. The van der Waals surface area contributed by atoms with Crippen LogP contribution in [0.4, 0.5) is 0 Å². The highest BCUT2D eigenvalue weighted by Gasteiger charge is 2.20. The number of aromatic nitrogens is 2. The first-order chi connectivity index (χ1) is 36.2. The van der Waals surface area contributed by atoms with Crippen molar-refractivity contribution in [3.63, 3.8) is 0 Å². The summed E-state index contributed by atoms with van der Waals surface area (Å²) in [6, 6.07) is 66.2. The first-order valence-electron chi connectivity index (χ1n) is 25.5. The molecule has 1 aliphatic carbocycles. The lowest BCUT2D eigenvalue weighted by Crippen LogP contribution is -2.27. The maximum absolute atomic E-state index is 5.17. The van der Waals surface area contributed by atoms with Gasteiger partial charge in [-0.1, -0.05) is 214 Å². The number of amidine groups is 1. The van der Waals surface area contributed by atoms with Crippen molar-refractivity contribution < 1.29 is 0 Å². The lowest BCUT2D eigenvalue weighted by atomic mass is 9.88. The van der Waals surface area contributed by atoms with Gasteiger partial charge in [-0.2, -0.15) is 0 Å². The summed E-state index contributed by atoms with van der Waals surface area (Å²) in [5.41, 5.74) is 18.6. The first kappa shape index (κ1) is 53.1. The van der Waals surface area contributed by atoms with Gasteiger partial charge >= 0.3 is 0 Å². The van der Waals surface area contributed by atoms with Gasteiger partial charge in [0, 0.05) is 41.5 Å². The molecule has 2 aliphatic rings. The molecule has 0 radical (unpaired) electrons. The van der Waals surface area contributed by atoms with Crippen LogP contribution in [-0.2, 0) is 12.8 Å². The van der Waals surface area contributed by atoms with Gasteiger partial charge in [0.1, 0.15) is 5.84 Å². The number of aliphatic imine (C=N–C) groups is 1. The number of pyridine rings is 2. The molecule has 6 aromatic carbocycles. The molecule has 0 spiro atoms. The summed E-state index contributed by atoms with van der Waals surface area (Å²) in [6.07, 6.45) is 22.7. The Morgan fingerprint density at radius 3 is 1.85 bits per heavy atom. The van der Waals surface area contributed by atoms with Crippen molar-refractivity contribution in [2.45, 2.75) is 53.0 Å². The monoisotopic (exact) mass is 965 g/mol. The van der Waals surface area contributed by atoms with Crippen LogP contribution in [0.3, 0.4) is 0 Å². The Balaban J connectivity index is 0.000000375. The molecule has 3 heterocycles. The lowest BCUT2D eigenvalue weighted by Gasteiger charge is -2.24. The molecule has 1 N–H and O–H groups in total. The lowest BCUT2D eigenvalue weighted by molar-refractivity contribution is 0.731. The Kier molecular flexibility index (Phi) is 19.9. The maximum Gasteiger partial charge on any atom is 0.133 e. The van der Waals surface area contributed by atoms with E-state index in [9.17, 15) is 0 Å². The number of hydrogen-bond donors (Lipinski definition) is 1. The van der Waals surface area contributed by atoms with Gasteiger partial charge in [0.2, 0.25) is 0 Å². The second-order valence-electron chi connectivity index (χ2n) is 18.4. The molecule has 0 fully saturated rings. The van der Waals surface area contributed by atoms with E-state index in [0.29, 0.717) is 0 Å².